The quantitative estimate of drug-likeness (QED) is 0.786. The summed E-state index contributed by atoms with van der Waals surface area (Å²) in [4.78, 5) is 23.8. The molecular formula is C11H14N4O3. The Morgan fingerprint density at radius 1 is 1.28 bits per heavy atom. The minimum atomic E-state index is -0.560. The molecule has 7 heteroatoms. The van der Waals surface area contributed by atoms with E-state index in [1.165, 1.54) is 10.8 Å². The van der Waals surface area contributed by atoms with Gasteiger partial charge < -0.3 is 15.9 Å². The Morgan fingerprint density at radius 2 is 2.00 bits per heavy atom. The number of hydrogen-bond acceptors (Lipinski definition) is 5. The van der Waals surface area contributed by atoms with Crippen LogP contribution in [0.2, 0.25) is 0 Å². The number of nitrogens with zero attached hydrogens (tertiary/aromatic N) is 2. The maximum Gasteiger partial charge on any atom is 0.333 e. The van der Waals surface area contributed by atoms with Gasteiger partial charge in [0, 0.05) is 6.54 Å². The van der Waals surface area contributed by atoms with Gasteiger partial charge in [-0.25, -0.2) is 4.79 Å². The fraction of sp³-hybridized carbons (Fsp3) is 0.273. The van der Waals surface area contributed by atoms with Gasteiger partial charge in [0.25, 0.3) is 5.56 Å². The van der Waals surface area contributed by atoms with E-state index in [0.717, 1.165) is 4.57 Å². The van der Waals surface area contributed by atoms with Crippen molar-refractivity contribution in [3.63, 3.8) is 0 Å². The molecule has 18 heavy (non-hydrogen) atoms. The molecule has 0 spiro atoms. The number of hydrogen-bond donors (Lipinski definition) is 2. The van der Waals surface area contributed by atoms with Gasteiger partial charge in [0.05, 0.1) is 12.8 Å². The van der Waals surface area contributed by atoms with E-state index >= 15 is 0 Å². The lowest BCUT2D eigenvalue weighted by Gasteiger charge is -2.12. The molecule has 0 aliphatic rings. The fourth-order valence-electron chi connectivity index (χ4n) is 1.73. The first-order chi connectivity index (χ1) is 8.56. The first-order valence-corrected chi connectivity index (χ1v) is 5.47. The number of nitrogen functional groups attached to an aromatic ring is 2. The first kappa shape index (κ1) is 12.0. The van der Waals surface area contributed by atoms with Crippen LogP contribution < -0.4 is 22.7 Å². The van der Waals surface area contributed by atoms with Crippen molar-refractivity contribution in [1.82, 2.24) is 9.13 Å². The molecule has 0 unspecified atom stereocenters. The summed E-state index contributed by atoms with van der Waals surface area (Å²) in [5.41, 5.74) is 10.1. The van der Waals surface area contributed by atoms with Crippen molar-refractivity contribution in [1.29, 1.82) is 0 Å². The van der Waals surface area contributed by atoms with E-state index in [0.29, 0.717) is 5.76 Å². The van der Waals surface area contributed by atoms with E-state index in [4.69, 9.17) is 15.9 Å². The van der Waals surface area contributed by atoms with Crippen molar-refractivity contribution >= 4 is 11.5 Å². The van der Waals surface area contributed by atoms with Crippen molar-refractivity contribution < 1.29 is 4.42 Å². The summed E-state index contributed by atoms with van der Waals surface area (Å²) < 4.78 is 7.41. The van der Waals surface area contributed by atoms with Gasteiger partial charge in [0.15, 0.2) is 0 Å². The first-order valence-electron chi connectivity index (χ1n) is 5.47. The number of aromatic nitrogens is 2. The minimum Gasteiger partial charge on any atom is -0.467 e. The number of anilines is 2. The molecule has 0 saturated heterocycles. The molecule has 0 amide bonds. The smallest absolute Gasteiger partial charge is 0.333 e. The molecule has 2 aromatic heterocycles. The molecule has 0 aliphatic carbocycles. The lowest BCUT2D eigenvalue weighted by Crippen LogP contribution is -2.42. The molecular weight excluding hydrogens is 236 g/mol. The molecule has 96 valence electrons. The summed E-state index contributed by atoms with van der Waals surface area (Å²) in [6.45, 7) is 2.07. The van der Waals surface area contributed by atoms with E-state index in [9.17, 15) is 9.59 Å². The van der Waals surface area contributed by atoms with Crippen molar-refractivity contribution in [3.05, 3.63) is 45.0 Å². The van der Waals surface area contributed by atoms with Crippen LogP contribution in [0.4, 0.5) is 11.5 Å². The Labute approximate surface area is 102 Å². The van der Waals surface area contributed by atoms with Crippen molar-refractivity contribution in [2.75, 3.05) is 11.5 Å². The van der Waals surface area contributed by atoms with Crippen LogP contribution >= 0.6 is 0 Å². The lowest BCUT2D eigenvalue weighted by atomic mass is 10.4. The largest absolute Gasteiger partial charge is 0.467 e. The summed E-state index contributed by atoms with van der Waals surface area (Å²) in [5, 5.41) is 0. The monoisotopic (exact) mass is 250 g/mol. The predicted octanol–water partition coefficient (Wildman–Crippen LogP) is -0.164. The second-order valence-corrected chi connectivity index (χ2v) is 3.80. The van der Waals surface area contributed by atoms with Gasteiger partial charge in [0.2, 0.25) is 0 Å². The van der Waals surface area contributed by atoms with Gasteiger partial charge in [-0.1, -0.05) is 0 Å². The van der Waals surface area contributed by atoms with Crippen LogP contribution in [-0.4, -0.2) is 9.13 Å². The van der Waals surface area contributed by atoms with Crippen LogP contribution in [0.3, 0.4) is 0 Å². The predicted molar refractivity (Wildman–Crippen MR) is 67.3 cm³/mol. The average Bonchev–Trinajstić information content (AvgIpc) is 2.86. The van der Waals surface area contributed by atoms with Crippen molar-refractivity contribution in [2.24, 2.45) is 0 Å². The molecule has 0 fully saturated rings. The number of rotatable bonds is 3. The third kappa shape index (κ3) is 1.79. The molecule has 0 aliphatic heterocycles. The molecule has 0 radical (unpaired) electrons. The standard InChI is InChI=1S/C11H14N4O3/c1-2-14-10(16)8(12)9(13)15(11(14)17)6-7-4-3-5-18-7/h3-5H,2,6,12-13H2,1H3. The molecule has 2 rings (SSSR count). The second-order valence-electron chi connectivity index (χ2n) is 3.80. The highest BCUT2D eigenvalue weighted by Gasteiger charge is 2.14. The van der Waals surface area contributed by atoms with E-state index in [1.54, 1.807) is 19.1 Å². The SMILES string of the molecule is CCn1c(=O)c(N)c(N)n(Cc2ccco2)c1=O. The van der Waals surface area contributed by atoms with E-state index < -0.39 is 11.2 Å². The molecule has 2 aromatic rings. The molecule has 4 N–H and O–H groups in total. The van der Waals surface area contributed by atoms with Crippen molar-refractivity contribution in [3.8, 4) is 0 Å². The maximum absolute atomic E-state index is 12.1. The van der Waals surface area contributed by atoms with Gasteiger partial charge in [-0.15, -0.1) is 0 Å². The minimum absolute atomic E-state index is 0.0360. The highest BCUT2D eigenvalue weighted by molar-refractivity contribution is 5.56. The molecule has 7 nitrogen and oxygen atoms in total. The normalized spacial score (nSPS) is 10.7. The van der Waals surface area contributed by atoms with Gasteiger partial charge in [-0.3, -0.25) is 13.9 Å². The zero-order valence-electron chi connectivity index (χ0n) is 9.92. The third-order valence-corrected chi connectivity index (χ3v) is 2.71. The Hall–Kier alpha value is -2.44. The van der Waals surface area contributed by atoms with E-state index in [2.05, 4.69) is 0 Å². The summed E-state index contributed by atoms with van der Waals surface area (Å²) in [6, 6.07) is 3.42. The molecule has 0 bridgehead atoms. The third-order valence-electron chi connectivity index (χ3n) is 2.71. The van der Waals surface area contributed by atoms with Crippen LogP contribution in [0.15, 0.2) is 32.4 Å². The van der Waals surface area contributed by atoms with Crippen molar-refractivity contribution in [2.45, 2.75) is 20.0 Å². The fourth-order valence-corrected chi connectivity index (χ4v) is 1.73. The molecule has 0 saturated carbocycles. The summed E-state index contributed by atoms with van der Waals surface area (Å²) >= 11 is 0. The van der Waals surface area contributed by atoms with E-state index in [1.807, 2.05) is 0 Å². The zero-order valence-corrected chi connectivity index (χ0v) is 9.92. The topological polar surface area (TPSA) is 109 Å². The molecule has 2 heterocycles. The lowest BCUT2D eigenvalue weighted by molar-refractivity contribution is 0.481. The van der Waals surface area contributed by atoms with Crippen LogP contribution in [-0.2, 0) is 13.1 Å². The van der Waals surface area contributed by atoms with Gasteiger partial charge in [-0.2, -0.15) is 0 Å². The summed E-state index contributed by atoms with van der Waals surface area (Å²) in [5.74, 6) is 0.524. The highest BCUT2D eigenvalue weighted by atomic mass is 16.3. The number of furan rings is 1. The maximum atomic E-state index is 12.1. The van der Waals surface area contributed by atoms with Gasteiger partial charge in [-0.05, 0) is 19.1 Å². The number of nitrogens with two attached hydrogens (primary N) is 2. The molecule has 0 atom stereocenters. The van der Waals surface area contributed by atoms with Crippen LogP contribution in [0.1, 0.15) is 12.7 Å². The zero-order chi connectivity index (χ0) is 13.3. The van der Waals surface area contributed by atoms with Crippen LogP contribution in [0, 0.1) is 0 Å². The Bertz CT molecular complexity index is 667. The Balaban J connectivity index is 2.64. The summed E-state index contributed by atoms with van der Waals surface area (Å²) in [7, 11) is 0. The Morgan fingerprint density at radius 3 is 2.56 bits per heavy atom. The molecule has 0 aromatic carbocycles. The highest BCUT2D eigenvalue weighted by Crippen LogP contribution is 2.09. The van der Waals surface area contributed by atoms with Gasteiger partial charge >= 0.3 is 5.69 Å². The second kappa shape index (κ2) is 4.44. The Kier molecular flexibility index (Phi) is 2.97. The summed E-state index contributed by atoms with van der Waals surface area (Å²) in [6.07, 6.45) is 1.50. The van der Waals surface area contributed by atoms with Gasteiger partial charge in [0.1, 0.15) is 17.3 Å². The average molecular weight is 250 g/mol. The van der Waals surface area contributed by atoms with Crippen LogP contribution in [0.25, 0.3) is 0 Å². The van der Waals surface area contributed by atoms with Crippen LogP contribution in [0.5, 0.6) is 0 Å². The van der Waals surface area contributed by atoms with E-state index in [-0.39, 0.29) is 24.6 Å².